The van der Waals surface area contributed by atoms with E-state index in [1.807, 2.05) is 42.5 Å². The summed E-state index contributed by atoms with van der Waals surface area (Å²) >= 11 is 4.55. The highest BCUT2D eigenvalue weighted by atomic mass is 79.9. The maximum atomic E-state index is 12.4. The fourth-order valence-corrected chi connectivity index (χ4v) is 4.39. The number of rotatable bonds is 12. The average molecular weight is 610 g/mol. The molecule has 0 saturated heterocycles. The van der Waals surface area contributed by atoms with Crippen molar-refractivity contribution in [3.05, 3.63) is 93.4 Å². The van der Waals surface area contributed by atoms with E-state index in [1.165, 1.54) is 6.21 Å². The van der Waals surface area contributed by atoms with Gasteiger partial charge in [0.25, 0.3) is 5.91 Å². The van der Waals surface area contributed by atoms with Gasteiger partial charge in [0.1, 0.15) is 24.0 Å². The predicted molar refractivity (Wildman–Crippen MR) is 152 cm³/mol. The summed E-state index contributed by atoms with van der Waals surface area (Å²) in [4.78, 5) is 24.6. The quantitative estimate of drug-likeness (QED) is 0.135. The first-order valence-electron chi connectivity index (χ1n) is 11.7. The molecule has 1 heterocycles. The number of methoxy groups -OCH3 is 1. The summed E-state index contributed by atoms with van der Waals surface area (Å²) in [6, 6.07) is 21.6. The van der Waals surface area contributed by atoms with E-state index >= 15 is 0 Å². The standard InChI is InChI=1S/C27H24BrN5O5S/c1-36-22-9-5-6-10-23(22)38-14-13-37-21-12-11-20(28)15-19(21)17-29-31-24(34)16-25-32-33-27(39-25)30-26(35)18-7-3-2-4-8-18/h2-12,15,17H,13-14,16H2,1H3,(H,31,34)(H,30,33,35). The van der Waals surface area contributed by atoms with Crippen LogP contribution in [0.5, 0.6) is 17.2 Å². The molecule has 4 aromatic rings. The second kappa shape index (κ2) is 14.0. The van der Waals surface area contributed by atoms with Crippen molar-refractivity contribution in [2.45, 2.75) is 6.42 Å². The largest absolute Gasteiger partial charge is 0.493 e. The van der Waals surface area contributed by atoms with Gasteiger partial charge in [0.2, 0.25) is 11.0 Å². The van der Waals surface area contributed by atoms with Crippen molar-refractivity contribution in [2.75, 3.05) is 25.6 Å². The maximum absolute atomic E-state index is 12.4. The SMILES string of the molecule is COc1ccccc1OCCOc1ccc(Br)cc1C=NNC(=O)Cc1nnc(NC(=O)c2ccccc2)s1. The van der Waals surface area contributed by atoms with Crippen LogP contribution in [-0.2, 0) is 11.2 Å². The topological polar surface area (TPSA) is 124 Å². The number of nitrogens with zero attached hydrogens (tertiary/aromatic N) is 3. The van der Waals surface area contributed by atoms with Crippen LogP contribution in [0.4, 0.5) is 5.13 Å². The molecule has 12 heteroatoms. The van der Waals surface area contributed by atoms with Crippen LogP contribution in [0.3, 0.4) is 0 Å². The third kappa shape index (κ3) is 8.35. The van der Waals surface area contributed by atoms with Gasteiger partial charge in [0.05, 0.1) is 19.7 Å². The maximum Gasteiger partial charge on any atom is 0.257 e. The highest BCUT2D eigenvalue weighted by Crippen LogP contribution is 2.26. The summed E-state index contributed by atoms with van der Waals surface area (Å²) in [6.45, 7) is 0.590. The van der Waals surface area contributed by atoms with Crippen LogP contribution >= 0.6 is 27.3 Å². The van der Waals surface area contributed by atoms with Gasteiger partial charge in [-0.1, -0.05) is 57.6 Å². The molecule has 4 rings (SSSR count). The van der Waals surface area contributed by atoms with Crippen LogP contribution in [0.15, 0.2) is 82.4 Å². The van der Waals surface area contributed by atoms with E-state index in [0.717, 1.165) is 15.8 Å². The first-order chi connectivity index (χ1) is 19.0. The second-order valence-electron chi connectivity index (χ2n) is 7.82. The molecule has 10 nitrogen and oxygen atoms in total. The van der Waals surface area contributed by atoms with Crippen molar-refractivity contribution in [1.29, 1.82) is 0 Å². The fourth-order valence-electron chi connectivity index (χ4n) is 3.28. The zero-order valence-electron chi connectivity index (χ0n) is 20.8. The zero-order valence-corrected chi connectivity index (χ0v) is 23.2. The number of anilines is 1. The fraction of sp³-hybridized carbons (Fsp3) is 0.148. The Kier molecular flexibility index (Phi) is 9.98. The van der Waals surface area contributed by atoms with Gasteiger partial charge in [0.15, 0.2) is 11.5 Å². The molecule has 0 bridgehead atoms. The van der Waals surface area contributed by atoms with E-state index in [0.29, 0.717) is 45.1 Å². The Morgan fingerprint density at radius 3 is 2.44 bits per heavy atom. The number of benzene rings is 3. The smallest absolute Gasteiger partial charge is 0.257 e. The van der Waals surface area contributed by atoms with E-state index in [1.54, 1.807) is 37.4 Å². The van der Waals surface area contributed by atoms with Crippen molar-refractivity contribution in [3.63, 3.8) is 0 Å². The van der Waals surface area contributed by atoms with Crippen molar-refractivity contribution in [1.82, 2.24) is 15.6 Å². The van der Waals surface area contributed by atoms with E-state index in [4.69, 9.17) is 14.2 Å². The number of carbonyl (C=O) groups is 2. The van der Waals surface area contributed by atoms with Crippen LogP contribution in [0.2, 0.25) is 0 Å². The molecule has 0 radical (unpaired) electrons. The van der Waals surface area contributed by atoms with Gasteiger partial charge >= 0.3 is 0 Å². The van der Waals surface area contributed by atoms with E-state index in [9.17, 15) is 9.59 Å². The first kappa shape index (κ1) is 27.7. The summed E-state index contributed by atoms with van der Waals surface area (Å²) in [5, 5.41) is 15.4. The van der Waals surface area contributed by atoms with Gasteiger partial charge < -0.3 is 14.2 Å². The molecule has 39 heavy (non-hydrogen) atoms. The Morgan fingerprint density at radius 1 is 0.949 bits per heavy atom. The summed E-state index contributed by atoms with van der Waals surface area (Å²) in [7, 11) is 1.59. The van der Waals surface area contributed by atoms with Gasteiger partial charge in [-0.25, -0.2) is 5.43 Å². The molecule has 200 valence electrons. The number of para-hydroxylation sites is 2. The summed E-state index contributed by atoms with van der Waals surface area (Å²) in [5.74, 6) is 1.16. The van der Waals surface area contributed by atoms with Gasteiger partial charge in [-0.2, -0.15) is 5.10 Å². The van der Waals surface area contributed by atoms with E-state index < -0.39 is 0 Å². The minimum Gasteiger partial charge on any atom is -0.493 e. The highest BCUT2D eigenvalue weighted by Gasteiger charge is 2.12. The zero-order chi connectivity index (χ0) is 27.5. The third-order valence-corrected chi connectivity index (χ3v) is 6.40. The highest BCUT2D eigenvalue weighted by molar-refractivity contribution is 9.10. The average Bonchev–Trinajstić information content (AvgIpc) is 3.39. The molecule has 0 fully saturated rings. The molecule has 0 unspecified atom stereocenters. The molecule has 0 aliphatic rings. The van der Waals surface area contributed by atoms with Gasteiger partial charge in [-0.05, 0) is 42.5 Å². The minimum atomic E-state index is -0.383. The minimum absolute atomic E-state index is 0.0433. The molecule has 1 aromatic heterocycles. The monoisotopic (exact) mass is 609 g/mol. The van der Waals surface area contributed by atoms with Crippen molar-refractivity contribution in [2.24, 2.45) is 5.10 Å². The Hall–Kier alpha value is -4.29. The molecular weight excluding hydrogens is 586 g/mol. The van der Waals surface area contributed by atoms with Crippen LogP contribution in [-0.4, -0.2) is 48.5 Å². The summed E-state index contributed by atoms with van der Waals surface area (Å²) < 4.78 is 17.7. The molecule has 0 spiro atoms. The number of nitrogens with one attached hydrogen (secondary N) is 2. The number of aromatic nitrogens is 2. The predicted octanol–water partition coefficient (Wildman–Crippen LogP) is 4.71. The van der Waals surface area contributed by atoms with Crippen LogP contribution in [0.25, 0.3) is 0 Å². The lowest BCUT2D eigenvalue weighted by Crippen LogP contribution is -2.19. The third-order valence-electron chi connectivity index (χ3n) is 5.07. The molecule has 0 aliphatic carbocycles. The number of amides is 2. The van der Waals surface area contributed by atoms with Crippen LogP contribution in [0, 0.1) is 0 Å². The number of ether oxygens (including phenoxy) is 3. The molecular formula is C27H24BrN5O5S. The number of hydrogen-bond acceptors (Lipinski definition) is 9. The van der Waals surface area contributed by atoms with E-state index in [2.05, 4.69) is 42.0 Å². The lowest BCUT2D eigenvalue weighted by atomic mass is 10.2. The summed E-state index contributed by atoms with van der Waals surface area (Å²) in [6.07, 6.45) is 1.45. The Balaban J connectivity index is 1.27. The van der Waals surface area contributed by atoms with Gasteiger partial charge in [0, 0.05) is 15.6 Å². The molecule has 0 atom stereocenters. The molecule has 2 N–H and O–H groups in total. The van der Waals surface area contributed by atoms with Crippen LogP contribution < -0.4 is 25.0 Å². The summed E-state index contributed by atoms with van der Waals surface area (Å²) in [5.41, 5.74) is 3.63. The molecule has 3 aromatic carbocycles. The van der Waals surface area contributed by atoms with Crippen molar-refractivity contribution >= 4 is 50.4 Å². The van der Waals surface area contributed by atoms with Crippen molar-refractivity contribution in [3.8, 4) is 17.2 Å². The van der Waals surface area contributed by atoms with Crippen LogP contribution in [0.1, 0.15) is 20.9 Å². The lowest BCUT2D eigenvalue weighted by Gasteiger charge is -2.12. The first-order valence-corrected chi connectivity index (χ1v) is 13.3. The van der Waals surface area contributed by atoms with Gasteiger partial charge in [-0.15, -0.1) is 10.2 Å². The number of hydrogen-bond donors (Lipinski definition) is 2. The number of carbonyl (C=O) groups excluding carboxylic acids is 2. The van der Waals surface area contributed by atoms with Gasteiger partial charge in [-0.3, -0.25) is 14.9 Å². The number of halogens is 1. The molecule has 0 saturated carbocycles. The Morgan fingerprint density at radius 2 is 1.67 bits per heavy atom. The Bertz CT molecular complexity index is 1450. The normalized spacial score (nSPS) is 10.7. The molecule has 2 amide bonds. The van der Waals surface area contributed by atoms with E-state index in [-0.39, 0.29) is 24.8 Å². The Labute approximate surface area is 237 Å². The second-order valence-corrected chi connectivity index (χ2v) is 9.80. The van der Waals surface area contributed by atoms with Crippen molar-refractivity contribution < 1.29 is 23.8 Å². The molecule has 0 aliphatic heterocycles. The number of hydrazone groups is 1. The lowest BCUT2D eigenvalue weighted by molar-refractivity contribution is -0.120.